The fourth-order valence-electron chi connectivity index (χ4n) is 2.52. The summed E-state index contributed by atoms with van der Waals surface area (Å²) in [5, 5.41) is 6.52. The van der Waals surface area contributed by atoms with E-state index in [1.54, 1.807) is 43.5 Å². The van der Waals surface area contributed by atoms with Crippen molar-refractivity contribution in [2.45, 2.75) is 0 Å². The van der Waals surface area contributed by atoms with Gasteiger partial charge in [0.25, 0.3) is 5.91 Å². The minimum Gasteiger partial charge on any atom is -0.493 e. The van der Waals surface area contributed by atoms with E-state index in [1.807, 2.05) is 0 Å². The van der Waals surface area contributed by atoms with Crippen molar-refractivity contribution in [1.29, 1.82) is 0 Å². The molecule has 2 aromatic rings. The largest absolute Gasteiger partial charge is 0.493 e. The van der Waals surface area contributed by atoms with E-state index in [4.69, 9.17) is 23.8 Å². The third-order valence-electron chi connectivity index (χ3n) is 3.72. The molecule has 0 radical (unpaired) electrons. The maximum Gasteiger partial charge on any atom is 0.265 e. The smallest absolute Gasteiger partial charge is 0.265 e. The summed E-state index contributed by atoms with van der Waals surface area (Å²) in [6, 6.07) is 10.6. The molecule has 1 aliphatic rings. The fraction of sp³-hybridized carbons (Fsp3) is 0.263. The number of fused-ring (bicyclic) bond motifs is 1. The van der Waals surface area contributed by atoms with Crippen molar-refractivity contribution in [2.75, 3.05) is 39.4 Å². The highest BCUT2D eigenvalue weighted by molar-refractivity contribution is 5.92. The van der Waals surface area contributed by atoms with Crippen molar-refractivity contribution in [3.63, 3.8) is 0 Å². The maximum absolute atomic E-state index is 12.0. The van der Waals surface area contributed by atoms with E-state index in [2.05, 4.69) is 10.5 Å². The number of nitrogens with zero attached hydrogens (tertiary/aromatic N) is 1. The van der Waals surface area contributed by atoms with E-state index in [9.17, 15) is 4.79 Å². The summed E-state index contributed by atoms with van der Waals surface area (Å²) in [5.41, 5.74) is 1.26. The highest BCUT2D eigenvalue weighted by atomic mass is 16.6. The van der Waals surface area contributed by atoms with Crippen molar-refractivity contribution in [3.05, 3.63) is 42.0 Å². The Bertz CT molecular complexity index is 837. The number of rotatable bonds is 7. The lowest BCUT2D eigenvalue weighted by molar-refractivity contribution is -0.120. The molecule has 0 saturated heterocycles. The monoisotopic (exact) mass is 372 g/mol. The molecule has 0 bridgehead atoms. The molecule has 0 saturated carbocycles. The van der Waals surface area contributed by atoms with E-state index in [0.717, 1.165) is 0 Å². The van der Waals surface area contributed by atoms with Crippen molar-refractivity contribution in [2.24, 2.45) is 5.16 Å². The van der Waals surface area contributed by atoms with Crippen LogP contribution in [0.5, 0.6) is 23.0 Å². The first kappa shape index (κ1) is 18.4. The maximum atomic E-state index is 12.0. The third-order valence-corrected chi connectivity index (χ3v) is 3.72. The van der Waals surface area contributed by atoms with Gasteiger partial charge in [0.2, 0.25) is 0 Å². The van der Waals surface area contributed by atoms with E-state index in [1.165, 1.54) is 13.3 Å². The van der Waals surface area contributed by atoms with E-state index < -0.39 is 0 Å². The summed E-state index contributed by atoms with van der Waals surface area (Å²) >= 11 is 0. The summed E-state index contributed by atoms with van der Waals surface area (Å²) in [6.45, 7) is 0.760. The van der Waals surface area contributed by atoms with Gasteiger partial charge in [0, 0.05) is 17.3 Å². The molecule has 1 N–H and O–H groups in total. The summed E-state index contributed by atoms with van der Waals surface area (Å²) in [4.78, 5) is 17.1. The Balaban J connectivity index is 1.53. The number of benzene rings is 2. The van der Waals surface area contributed by atoms with Crippen LogP contribution in [0.2, 0.25) is 0 Å². The van der Waals surface area contributed by atoms with Gasteiger partial charge in [0.1, 0.15) is 13.2 Å². The molecular weight excluding hydrogens is 352 g/mol. The Hall–Kier alpha value is -3.42. The molecule has 142 valence electrons. The zero-order valence-electron chi connectivity index (χ0n) is 15.1. The lowest BCUT2D eigenvalue weighted by Gasteiger charge is -2.18. The Morgan fingerprint density at radius 3 is 2.74 bits per heavy atom. The van der Waals surface area contributed by atoms with Crippen molar-refractivity contribution >= 4 is 17.8 Å². The summed E-state index contributed by atoms with van der Waals surface area (Å²) in [6.07, 6.45) is 1.46. The number of carbonyl (C=O) groups is 1. The summed E-state index contributed by atoms with van der Waals surface area (Å²) < 4.78 is 21.4. The molecule has 1 heterocycles. The molecule has 0 aliphatic carbocycles. The van der Waals surface area contributed by atoms with E-state index in [0.29, 0.717) is 47.5 Å². The predicted molar refractivity (Wildman–Crippen MR) is 99.2 cm³/mol. The van der Waals surface area contributed by atoms with Gasteiger partial charge in [-0.15, -0.1) is 0 Å². The molecule has 1 amide bonds. The van der Waals surface area contributed by atoms with Crippen LogP contribution in [-0.2, 0) is 9.63 Å². The van der Waals surface area contributed by atoms with E-state index >= 15 is 0 Å². The number of ether oxygens (including phenoxy) is 4. The van der Waals surface area contributed by atoms with Gasteiger partial charge in [-0.2, -0.15) is 0 Å². The van der Waals surface area contributed by atoms with Crippen molar-refractivity contribution in [1.82, 2.24) is 0 Å². The van der Waals surface area contributed by atoms with Crippen LogP contribution in [0.25, 0.3) is 0 Å². The minimum absolute atomic E-state index is 0.239. The zero-order chi connectivity index (χ0) is 19.1. The van der Waals surface area contributed by atoms with Gasteiger partial charge in [-0.1, -0.05) is 11.2 Å². The number of amides is 1. The average molecular weight is 372 g/mol. The van der Waals surface area contributed by atoms with Gasteiger partial charge < -0.3 is 29.1 Å². The molecule has 2 aromatic carbocycles. The van der Waals surface area contributed by atoms with Crippen LogP contribution in [0, 0.1) is 0 Å². The van der Waals surface area contributed by atoms with Crippen LogP contribution >= 0.6 is 0 Å². The van der Waals surface area contributed by atoms with Crippen LogP contribution in [0.1, 0.15) is 5.56 Å². The topological polar surface area (TPSA) is 87.6 Å². The van der Waals surface area contributed by atoms with Gasteiger partial charge >= 0.3 is 0 Å². The molecular formula is C19H20N2O6. The Morgan fingerprint density at radius 1 is 1.15 bits per heavy atom. The van der Waals surface area contributed by atoms with Crippen LogP contribution in [0.4, 0.5) is 5.69 Å². The number of anilines is 1. The number of carbonyl (C=O) groups excluding carboxylic acids is 1. The molecule has 0 aromatic heterocycles. The quantitative estimate of drug-likeness (QED) is 0.593. The lowest BCUT2D eigenvalue weighted by atomic mass is 10.2. The van der Waals surface area contributed by atoms with Gasteiger partial charge in [-0.25, -0.2) is 0 Å². The standard InChI is InChI=1S/C19H20N2O6/c1-23-16-5-3-4-13(19(16)24-2)11-20-27-12-18(22)21-14-6-7-15-17(10-14)26-9-8-25-15/h3-7,10-11H,8-9,12H2,1-2H3,(H,21,22)/b20-11-. The number of hydrogen-bond donors (Lipinski definition) is 1. The minimum atomic E-state index is -0.346. The summed E-state index contributed by atoms with van der Waals surface area (Å²) in [7, 11) is 3.09. The van der Waals surface area contributed by atoms with Gasteiger partial charge in [0.05, 0.1) is 20.4 Å². The van der Waals surface area contributed by atoms with E-state index in [-0.39, 0.29) is 12.5 Å². The number of nitrogens with one attached hydrogen (secondary N) is 1. The normalized spacial score (nSPS) is 12.5. The van der Waals surface area contributed by atoms with Crippen molar-refractivity contribution < 1.29 is 28.6 Å². The first-order valence-corrected chi connectivity index (χ1v) is 8.27. The molecule has 1 aliphatic heterocycles. The predicted octanol–water partition coefficient (Wildman–Crippen LogP) is 2.46. The number of oxime groups is 1. The van der Waals surface area contributed by atoms with Gasteiger partial charge in [-0.3, -0.25) is 4.79 Å². The summed E-state index contributed by atoms with van der Waals surface area (Å²) in [5.74, 6) is 2.03. The first-order valence-electron chi connectivity index (χ1n) is 8.27. The van der Waals surface area contributed by atoms with Crippen molar-refractivity contribution in [3.8, 4) is 23.0 Å². The molecule has 27 heavy (non-hydrogen) atoms. The highest BCUT2D eigenvalue weighted by Gasteiger charge is 2.13. The second-order valence-electron chi connectivity index (χ2n) is 5.50. The Labute approximate surface area is 156 Å². The zero-order valence-corrected chi connectivity index (χ0v) is 15.1. The number of para-hydroxylation sites is 1. The van der Waals surface area contributed by atoms with Crippen LogP contribution in [0.3, 0.4) is 0 Å². The molecule has 8 nitrogen and oxygen atoms in total. The first-order chi connectivity index (χ1) is 13.2. The fourth-order valence-corrected chi connectivity index (χ4v) is 2.52. The molecule has 8 heteroatoms. The molecule has 0 fully saturated rings. The van der Waals surface area contributed by atoms with Gasteiger partial charge in [0.15, 0.2) is 29.6 Å². The Morgan fingerprint density at radius 2 is 1.96 bits per heavy atom. The highest BCUT2D eigenvalue weighted by Crippen LogP contribution is 2.32. The van der Waals surface area contributed by atoms with Crippen LogP contribution < -0.4 is 24.3 Å². The number of methoxy groups -OCH3 is 2. The molecule has 0 atom stereocenters. The number of hydrogen-bond acceptors (Lipinski definition) is 7. The average Bonchev–Trinajstić information content (AvgIpc) is 2.70. The molecule has 0 unspecified atom stereocenters. The van der Waals surface area contributed by atoms with Crippen LogP contribution in [0.15, 0.2) is 41.6 Å². The molecule has 0 spiro atoms. The second kappa shape index (κ2) is 8.79. The van der Waals surface area contributed by atoms with Gasteiger partial charge in [-0.05, 0) is 24.3 Å². The lowest BCUT2D eigenvalue weighted by Crippen LogP contribution is -2.18. The SMILES string of the molecule is COc1cccc(/C=N\OCC(=O)Nc2ccc3c(c2)OCCO3)c1OC. The molecule has 3 rings (SSSR count). The Kier molecular flexibility index (Phi) is 5.98. The third kappa shape index (κ3) is 4.60. The second-order valence-corrected chi connectivity index (χ2v) is 5.50. The van der Waals surface area contributed by atoms with Crippen LogP contribution in [-0.4, -0.2) is 46.2 Å².